The van der Waals surface area contributed by atoms with Crippen LogP contribution in [0.5, 0.6) is 0 Å². The van der Waals surface area contributed by atoms with Gasteiger partial charge in [0.1, 0.15) is 11.9 Å². The van der Waals surface area contributed by atoms with E-state index in [4.69, 9.17) is 18.3 Å². The average Bonchev–Trinajstić information content (AvgIpc) is 2.66. The van der Waals surface area contributed by atoms with E-state index in [0.29, 0.717) is 25.0 Å². The molecule has 2 atom stereocenters. The van der Waals surface area contributed by atoms with Crippen LogP contribution < -0.4 is 0 Å². The number of Topliss-reactive ketones (excluding diaryl/α,β-unsaturated/α-hetero) is 2. The molecule has 1 fully saturated rings. The molecule has 10 nitrogen and oxygen atoms in total. The molecule has 1 aliphatic heterocycles. The van der Waals surface area contributed by atoms with Gasteiger partial charge in [0.05, 0.1) is 12.7 Å². The first-order valence-electron chi connectivity index (χ1n) is 10.4. The lowest BCUT2D eigenvalue weighted by molar-refractivity contribution is -0.141. The number of rotatable bonds is 13. The van der Waals surface area contributed by atoms with Gasteiger partial charge >= 0.3 is 14.0 Å². The summed E-state index contributed by atoms with van der Waals surface area (Å²) in [4.78, 5) is 46.9. The number of ketones is 2. The number of thioether (sulfide) groups is 1. The van der Waals surface area contributed by atoms with Gasteiger partial charge in [0, 0.05) is 37.4 Å². The Morgan fingerprint density at radius 3 is 2.41 bits per heavy atom. The van der Waals surface area contributed by atoms with Gasteiger partial charge in [0.15, 0.2) is 10.9 Å². The van der Waals surface area contributed by atoms with Gasteiger partial charge in [0.2, 0.25) is 6.79 Å². The molecule has 1 heterocycles. The zero-order valence-corrected chi connectivity index (χ0v) is 21.0. The van der Waals surface area contributed by atoms with Gasteiger partial charge in [-0.15, -0.1) is 0 Å². The van der Waals surface area contributed by atoms with Gasteiger partial charge < -0.3 is 9.47 Å². The predicted molar refractivity (Wildman–Crippen MR) is 117 cm³/mol. The maximum Gasteiger partial charge on any atom is 0.510 e. The molecular formula is C20H33O10PS. The highest BCUT2D eigenvalue weighted by Gasteiger charge is 2.48. The van der Waals surface area contributed by atoms with Gasteiger partial charge in [-0.3, -0.25) is 23.4 Å². The van der Waals surface area contributed by atoms with Crippen molar-refractivity contribution < 1.29 is 46.8 Å². The summed E-state index contributed by atoms with van der Waals surface area (Å²) in [6.07, 6.45) is -0.845. The van der Waals surface area contributed by atoms with Gasteiger partial charge in [-0.2, -0.15) is 0 Å². The number of carbonyl (C=O) groups is 4. The average molecular weight is 497 g/mol. The van der Waals surface area contributed by atoms with E-state index in [9.17, 15) is 23.7 Å². The first kappa shape index (κ1) is 28.8. The first-order chi connectivity index (χ1) is 14.8. The lowest BCUT2D eigenvalue weighted by Crippen LogP contribution is -2.44. The van der Waals surface area contributed by atoms with Gasteiger partial charge in [-0.1, -0.05) is 25.6 Å². The zero-order valence-electron chi connectivity index (χ0n) is 19.2. The van der Waals surface area contributed by atoms with Crippen molar-refractivity contribution in [2.24, 2.45) is 5.41 Å². The molecule has 1 aliphatic rings. The van der Waals surface area contributed by atoms with Crippen LogP contribution in [0.25, 0.3) is 0 Å². The monoisotopic (exact) mass is 496 g/mol. The summed E-state index contributed by atoms with van der Waals surface area (Å²) in [6, 6.07) is 0. The standard InChI is InChI=1S/C20H33O10PS/c1-14(2)29-19(24)26-13-28-31(25)27-12-20(4,5)18(30-31)17(23)10-6-8-16(22)9-7-11-32-15(3)21/h14,18H,6-13H2,1-5H3/t18-,31+/m0/s1. The van der Waals surface area contributed by atoms with Gasteiger partial charge in [-0.25, -0.2) is 13.9 Å². The van der Waals surface area contributed by atoms with Gasteiger partial charge in [-0.05, 0) is 26.7 Å². The van der Waals surface area contributed by atoms with E-state index < -0.39 is 38.4 Å². The molecule has 0 bridgehead atoms. The molecule has 1 rings (SSSR count). The quantitative estimate of drug-likeness (QED) is 0.155. The Bertz CT molecular complexity index is 721. The molecule has 0 radical (unpaired) electrons. The van der Waals surface area contributed by atoms with Crippen molar-refractivity contribution in [3.8, 4) is 0 Å². The molecule has 1 saturated heterocycles. The molecule has 0 spiro atoms. The summed E-state index contributed by atoms with van der Waals surface area (Å²) in [5.74, 6) is 0.300. The van der Waals surface area contributed by atoms with Crippen LogP contribution in [-0.4, -0.2) is 54.2 Å². The zero-order chi connectivity index (χ0) is 24.4. The number of phosphoric acid groups is 1. The van der Waals surface area contributed by atoms with E-state index in [1.807, 2.05) is 0 Å². The van der Waals surface area contributed by atoms with E-state index in [0.717, 1.165) is 0 Å². The number of hydrogen-bond acceptors (Lipinski definition) is 11. The van der Waals surface area contributed by atoms with Crippen molar-refractivity contribution in [1.82, 2.24) is 0 Å². The summed E-state index contributed by atoms with van der Waals surface area (Å²) >= 11 is 1.18. The summed E-state index contributed by atoms with van der Waals surface area (Å²) in [5, 5.41) is 0.0189. The summed E-state index contributed by atoms with van der Waals surface area (Å²) in [7, 11) is -4.12. The Balaban J connectivity index is 2.48. The van der Waals surface area contributed by atoms with E-state index in [1.54, 1.807) is 27.7 Å². The van der Waals surface area contributed by atoms with Crippen molar-refractivity contribution in [3.63, 3.8) is 0 Å². The van der Waals surface area contributed by atoms with Crippen LogP contribution in [0.1, 0.15) is 66.7 Å². The summed E-state index contributed by atoms with van der Waals surface area (Å²) < 4.78 is 37.6. The topological polar surface area (TPSA) is 132 Å². The Hall–Kier alpha value is -1.26. The molecule has 0 aromatic rings. The maximum absolute atomic E-state index is 12.7. The van der Waals surface area contributed by atoms with Crippen LogP contribution in [-0.2, 0) is 42.0 Å². The minimum absolute atomic E-state index is 0.0189. The van der Waals surface area contributed by atoms with Crippen LogP contribution in [0.4, 0.5) is 4.79 Å². The number of ether oxygens (including phenoxy) is 2. The predicted octanol–water partition coefficient (Wildman–Crippen LogP) is 4.44. The van der Waals surface area contributed by atoms with Crippen molar-refractivity contribution >= 4 is 42.4 Å². The molecule has 184 valence electrons. The third-order valence-electron chi connectivity index (χ3n) is 4.33. The SMILES string of the molecule is CC(=O)SCCCC(=O)CCCC(=O)[C@@H]1O[P@@](=O)(OCOC(=O)OC(C)C)OCC1(C)C. The van der Waals surface area contributed by atoms with E-state index in [2.05, 4.69) is 4.74 Å². The molecule has 0 saturated carbocycles. The molecular weight excluding hydrogens is 463 g/mol. The van der Waals surface area contributed by atoms with Crippen molar-refractivity contribution in [2.45, 2.75) is 78.9 Å². The van der Waals surface area contributed by atoms with Crippen molar-refractivity contribution in [3.05, 3.63) is 0 Å². The fourth-order valence-electron chi connectivity index (χ4n) is 2.75. The van der Waals surface area contributed by atoms with E-state index in [1.165, 1.54) is 18.7 Å². The first-order valence-corrected chi connectivity index (χ1v) is 12.9. The Labute approximate surface area is 193 Å². The van der Waals surface area contributed by atoms with Crippen LogP contribution in [0.15, 0.2) is 0 Å². The fourth-order valence-corrected chi connectivity index (χ4v) is 4.86. The Morgan fingerprint density at radius 1 is 1.12 bits per heavy atom. The van der Waals surface area contributed by atoms with E-state index >= 15 is 0 Å². The molecule has 0 aromatic carbocycles. The lowest BCUT2D eigenvalue weighted by Gasteiger charge is -2.39. The Kier molecular flexibility index (Phi) is 12.1. The number of carbonyl (C=O) groups excluding carboxylic acids is 4. The maximum atomic E-state index is 12.7. The van der Waals surface area contributed by atoms with Crippen LogP contribution >= 0.6 is 19.6 Å². The third-order valence-corrected chi connectivity index (χ3v) is 6.57. The largest absolute Gasteiger partial charge is 0.510 e. The normalized spacial score (nSPS) is 22.4. The van der Waals surface area contributed by atoms with Gasteiger partial charge in [0.25, 0.3) is 0 Å². The van der Waals surface area contributed by atoms with Crippen molar-refractivity contribution in [1.29, 1.82) is 0 Å². The number of hydrogen-bond donors (Lipinski definition) is 0. The van der Waals surface area contributed by atoms with Crippen molar-refractivity contribution in [2.75, 3.05) is 19.2 Å². The number of phosphoric ester groups is 1. The molecule has 0 unspecified atom stereocenters. The highest BCUT2D eigenvalue weighted by atomic mass is 32.2. The molecule has 0 amide bonds. The lowest BCUT2D eigenvalue weighted by atomic mass is 9.84. The molecule has 32 heavy (non-hydrogen) atoms. The summed E-state index contributed by atoms with van der Waals surface area (Å²) in [6.45, 7) is 7.43. The summed E-state index contributed by atoms with van der Waals surface area (Å²) in [5.41, 5.74) is -0.764. The smallest absolute Gasteiger partial charge is 0.432 e. The highest BCUT2D eigenvalue weighted by Crippen LogP contribution is 2.57. The third kappa shape index (κ3) is 11.0. The van der Waals surface area contributed by atoms with Crippen LogP contribution in [0.3, 0.4) is 0 Å². The highest BCUT2D eigenvalue weighted by molar-refractivity contribution is 8.13. The second kappa shape index (κ2) is 13.4. The van der Waals surface area contributed by atoms with E-state index in [-0.39, 0.29) is 36.1 Å². The Morgan fingerprint density at radius 2 is 1.78 bits per heavy atom. The molecule has 0 N–H and O–H groups in total. The fraction of sp³-hybridized carbons (Fsp3) is 0.800. The molecule has 0 aliphatic carbocycles. The van der Waals surface area contributed by atoms with Crippen LogP contribution in [0, 0.1) is 5.41 Å². The molecule has 12 heteroatoms. The second-order valence-electron chi connectivity index (χ2n) is 8.30. The molecule has 0 aromatic heterocycles. The minimum atomic E-state index is -4.12. The minimum Gasteiger partial charge on any atom is -0.432 e. The second-order valence-corrected chi connectivity index (χ2v) is 11.2. The van der Waals surface area contributed by atoms with Crippen LogP contribution in [0.2, 0.25) is 0 Å².